The predicted octanol–water partition coefficient (Wildman–Crippen LogP) is 16.4. The van der Waals surface area contributed by atoms with Crippen molar-refractivity contribution in [3.8, 4) is 0 Å². The second-order valence-electron chi connectivity index (χ2n) is 17.7. The van der Waals surface area contributed by atoms with E-state index in [4.69, 9.17) is 0 Å². The minimum atomic E-state index is -1.69. The van der Waals surface area contributed by atoms with Gasteiger partial charge >= 0.3 is 69.2 Å². The first-order valence-corrected chi connectivity index (χ1v) is 44.2. The third-order valence-corrected chi connectivity index (χ3v) is 20.4. The van der Waals surface area contributed by atoms with Gasteiger partial charge in [-0.25, -0.2) is 0 Å². The molecule has 0 fully saturated rings. The van der Waals surface area contributed by atoms with Gasteiger partial charge in [-0.15, -0.1) is 0 Å². The normalized spacial score (nSPS) is 14.1. The van der Waals surface area contributed by atoms with Crippen LogP contribution < -0.4 is 0 Å². The molecule has 2 heterocycles. The van der Waals surface area contributed by atoms with Gasteiger partial charge in [0.05, 0.1) is 0 Å². The first-order valence-electron chi connectivity index (χ1n) is 23.0. The minimum Gasteiger partial charge on any atom is -0.0622 e. The van der Waals surface area contributed by atoms with Gasteiger partial charge in [-0.3, -0.25) is 0 Å². The second-order valence-corrected chi connectivity index (χ2v) is 41.3. The van der Waals surface area contributed by atoms with E-state index in [1.807, 2.05) is 0 Å². The Morgan fingerprint density at radius 1 is 0.197 bits per heavy atom. The molecule has 8 aromatic rings. The Kier molecular flexibility index (Phi) is 16.4. The van der Waals surface area contributed by atoms with E-state index in [0.717, 1.165) is 0 Å². The summed E-state index contributed by atoms with van der Waals surface area (Å²) in [5, 5.41) is 5.97. The zero-order valence-corrected chi connectivity index (χ0v) is 46.8. The summed E-state index contributed by atoms with van der Waals surface area (Å²) in [6, 6.07) is 90.2. The van der Waals surface area contributed by atoms with E-state index in [2.05, 4.69) is 272 Å². The van der Waals surface area contributed by atoms with E-state index < -0.39 is 56.1 Å². The molecule has 2 aliphatic heterocycles. The van der Waals surface area contributed by atoms with E-state index in [9.17, 15) is 0 Å². The molecule has 0 saturated heterocycles. The summed E-state index contributed by atoms with van der Waals surface area (Å²) in [5.74, 6) is 0. The molecular formula is C62H58Si2Sn2. The van der Waals surface area contributed by atoms with Crippen molar-refractivity contribution in [1.29, 1.82) is 0 Å². The average molecular weight is 1100 g/mol. The molecule has 0 nitrogen and oxygen atoms in total. The maximum atomic E-state index is 2.37. The van der Waals surface area contributed by atoms with Crippen LogP contribution in [0.1, 0.15) is 44.5 Å². The molecule has 0 N–H and O–H groups in total. The van der Waals surface area contributed by atoms with Crippen LogP contribution in [-0.4, -0.2) is 56.1 Å². The van der Waals surface area contributed by atoms with Gasteiger partial charge in [-0.05, 0) is 87.6 Å². The minimum absolute atomic E-state index is 0.543. The van der Waals surface area contributed by atoms with Gasteiger partial charge in [-0.1, -0.05) is 243 Å². The summed E-state index contributed by atoms with van der Waals surface area (Å²) in [7, 11) is -3.37. The topological polar surface area (TPSA) is 0 Å². The SMILES string of the molecule is [CH3][Sn]([CH3])[CH3].[CH3][Sn]([CH3])[CH3].c1ccc(C2=C(c3ccccc3)[Si]([Si]3C(c4ccccc4)=C(c4ccccc4)C(c4ccccc4)=C3c3ccccc3)C(c3ccccc3)=C2c2ccccc2)cc1. The van der Waals surface area contributed by atoms with Crippen molar-refractivity contribution < 1.29 is 0 Å². The van der Waals surface area contributed by atoms with Crippen LogP contribution in [0.5, 0.6) is 0 Å². The second kappa shape index (κ2) is 23.0. The van der Waals surface area contributed by atoms with Crippen LogP contribution in [0.4, 0.5) is 0 Å². The fraction of sp³-hybridized carbons (Fsp3) is 0.0968. The molecule has 0 aromatic heterocycles. The predicted molar refractivity (Wildman–Crippen MR) is 297 cm³/mol. The van der Waals surface area contributed by atoms with Crippen LogP contribution in [-0.2, 0) is 0 Å². The van der Waals surface area contributed by atoms with Crippen LogP contribution in [0.25, 0.3) is 43.1 Å². The van der Waals surface area contributed by atoms with Crippen LogP contribution in [0, 0.1) is 0 Å². The maximum absolute atomic E-state index is 2.37. The zero-order valence-electron chi connectivity index (χ0n) is 39.1. The first-order chi connectivity index (χ1) is 32.3. The fourth-order valence-electron chi connectivity index (χ4n) is 8.90. The molecule has 0 bridgehead atoms. The number of benzene rings is 8. The molecule has 10 rings (SSSR count). The third kappa shape index (κ3) is 10.8. The summed E-state index contributed by atoms with van der Waals surface area (Å²) in [6.07, 6.45) is 0. The van der Waals surface area contributed by atoms with E-state index in [1.54, 1.807) is 0 Å². The van der Waals surface area contributed by atoms with Crippen LogP contribution in [0.15, 0.2) is 243 Å². The van der Waals surface area contributed by atoms with Gasteiger partial charge in [0.2, 0.25) is 0 Å². The number of hydrogen-bond donors (Lipinski definition) is 0. The van der Waals surface area contributed by atoms with Crippen molar-refractivity contribution in [2.75, 3.05) is 0 Å². The molecule has 4 heteroatoms. The molecule has 0 atom stereocenters. The van der Waals surface area contributed by atoms with Crippen LogP contribution >= 0.6 is 0 Å². The van der Waals surface area contributed by atoms with Crippen LogP contribution in [0.2, 0.25) is 29.6 Å². The molecule has 0 spiro atoms. The summed E-state index contributed by atoms with van der Waals surface area (Å²) in [6.45, 7) is 0. The standard InChI is InChI=1S/C56H40Si2.6CH3.2Sn/c1-9-25-41(26-10-1)49-50(42-27-11-2-12-28-42)54(46-35-19-6-20-36-46)57(53(49)45-33-17-5-18-34-45)58-55(47-37-21-7-22-38-47)51(43-29-13-3-14-30-43)52(44-31-15-4-16-32-44)56(58)48-39-23-8-24-40-48;;;;;;;;/h1-40H;6*1H3;;. The van der Waals surface area contributed by atoms with Gasteiger partial charge in [-0.2, -0.15) is 0 Å². The zero-order chi connectivity index (χ0) is 45.8. The Balaban J connectivity index is 0.000000687. The monoisotopic (exact) mass is 1100 g/mol. The Bertz CT molecular complexity index is 2520. The fourth-order valence-corrected chi connectivity index (χ4v) is 20.5. The Morgan fingerprint density at radius 3 is 0.455 bits per heavy atom. The molecule has 0 aliphatic carbocycles. The van der Waals surface area contributed by atoms with Crippen molar-refractivity contribution in [2.45, 2.75) is 29.6 Å². The summed E-state index contributed by atoms with van der Waals surface area (Å²) >= 11 is -1.09. The Labute approximate surface area is 412 Å². The van der Waals surface area contributed by atoms with E-state index >= 15 is 0 Å². The van der Waals surface area contributed by atoms with Crippen molar-refractivity contribution in [3.05, 3.63) is 287 Å². The number of allylic oxidation sites excluding steroid dienone is 4. The molecule has 8 aromatic carbocycles. The Hall–Kier alpha value is -5.25. The van der Waals surface area contributed by atoms with Crippen molar-refractivity contribution in [2.24, 2.45) is 0 Å². The van der Waals surface area contributed by atoms with E-state index in [1.165, 1.54) is 87.6 Å². The van der Waals surface area contributed by atoms with Crippen molar-refractivity contribution >= 4 is 99.2 Å². The average Bonchev–Trinajstić information content (AvgIpc) is 3.90. The van der Waals surface area contributed by atoms with Crippen molar-refractivity contribution in [3.63, 3.8) is 0 Å². The van der Waals surface area contributed by atoms with E-state index in [0.29, 0.717) is 0 Å². The molecule has 322 valence electrons. The molecule has 0 saturated carbocycles. The van der Waals surface area contributed by atoms with Gasteiger partial charge < -0.3 is 0 Å². The smallest absolute Gasteiger partial charge is 0.0622 e. The van der Waals surface area contributed by atoms with Crippen LogP contribution in [0.3, 0.4) is 0 Å². The molecule has 0 unspecified atom stereocenters. The van der Waals surface area contributed by atoms with Gasteiger partial charge in [0, 0.05) is 0 Å². The first kappa shape index (κ1) is 47.3. The molecule has 4 radical (unpaired) electrons. The van der Waals surface area contributed by atoms with Gasteiger partial charge in [0.1, 0.15) is 16.6 Å². The van der Waals surface area contributed by atoms with Crippen molar-refractivity contribution in [1.82, 2.24) is 0 Å². The molecular weight excluding hydrogens is 1040 g/mol. The molecule has 0 amide bonds. The van der Waals surface area contributed by atoms with Gasteiger partial charge in [0.15, 0.2) is 0 Å². The largest absolute Gasteiger partial charge is 0.124 e. The van der Waals surface area contributed by atoms with Gasteiger partial charge in [0.25, 0.3) is 0 Å². The quantitative estimate of drug-likeness (QED) is 0.126. The number of rotatable bonds is 9. The van der Waals surface area contributed by atoms with E-state index in [-0.39, 0.29) is 0 Å². The molecule has 66 heavy (non-hydrogen) atoms. The molecule has 2 aliphatic rings. The summed E-state index contributed by atoms with van der Waals surface area (Å²) in [4.78, 5) is 14.2. The number of hydrogen-bond acceptors (Lipinski definition) is 0. The third-order valence-electron chi connectivity index (χ3n) is 11.2. The maximum Gasteiger partial charge on any atom is 0.124 e. The Morgan fingerprint density at radius 2 is 0.318 bits per heavy atom. The summed E-state index contributed by atoms with van der Waals surface area (Å²) < 4.78 is 0. The summed E-state index contributed by atoms with van der Waals surface area (Å²) in [5.41, 5.74) is 15.7.